The molecule has 2 aliphatic rings. The van der Waals surface area contributed by atoms with Crippen molar-refractivity contribution in [1.82, 2.24) is 15.1 Å². The van der Waals surface area contributed by atoms with E-state index in [4.69, 9.17) is 10.7 Å². The van der Waals surface area contributed by atoms with Crippen molar-refractivity contribution in [2.45, 2.75) is 57.9 Å². The molecule has 1 amide bonds. The Bertz CT molecular complexity index is 426. The molecule has 1 saturated carbocycles. The SMILES string of the molecule is CCNC(=NCCN(C)C1CCCC1)N1CCCC(CC(N)=O)C1.I. The van der Waals surface area contributed by atoms with Crippen LogP contribution in [0.5, 0.6) is 0 Å². The van der Waals surface area contributed by atoms with Gasteiger partial charge in [0.2, 0.25) is 5.91 Å². The summed E-state index contributed by atoms with van der Waals surface area (Å²) in [6.45, 7) is 6.70. The second-order valence-corrected chi connectivity index (χ2v) is 7.28. The van der Waals surface area contributed by atoms with Crippen molar-refractivity contribution in [2.24, 2.45) is 16.6 Å². The largest absolute Gasteiger partial charge is 0.370 e. The van der Waals surface area contributed by atoms with E-state index in [1.807, 2.05) is 0 Å². The molecule has 0 bridgehead atoms. The molecule has 1 atom stereocenters. The van der Waals surface area contributed by atoms with Gasteiger partial charge in [0.25, 0.3) is 0 Å². The van der Waals surface area contributed by atoms with Crippen LogP contribution in [0.3, 0.4) is 0 Å². The van der Waals surface area contributed by atoms with Crippen molar-refractivity contribution in [1.29, 1.82) is 0 Å². The van der Waals surface area contributed by atoms with Crippen LogP contribution in [-0.2, 0) is 4.79 Å². The van der Waals surface area contributed by atoms with Crippen LogP contribution in [0.4, 0.5) is 0 Å². The van der Waals surface area contributed by atoms with Crippen LogP contribution in [0, 0.1) is 5.92 Å². The van der Waals surface area contributed by atoms with Gasteiger partial charge in [0.15, 0.2) is 5.96 Å². The van der Waals surface area contributed by atoms with Gasteiger partial charge in [-0.05, 0) is 45.6 Å². The first-order valence-corrected chi connectivity index (χ1v) is 9.62. The van der Waals surface area contributed by atoms with E-state index in [9.17, 15) is 4.79 Å². The van der Waals surface area contributed by atoms with Gasteiger partial charge in [0, 0.05) is 38.6 Å². The molecule has 1 unspecified atom stereocenters. The normalized spacial score (nSPS) is 22.1. The average molecular weight is 465 g/mol. The molecule has 2 rings (SSSR count). The summed E-state index contributed by atoms with van der Waals surface area (Å²) >= 11 is 0. The molecule has 25 heavy (non-hydrogen) atoms. The highest BCUT2D eigenvalue weighted by Gasteiger charge is 2.24. The monoisotopic (exact) mass is 465 g/mol. The summed E-state index contributed by atoms with van der Waals surface area (Å²) in [6, 6.07) is 0.748. The van der Waals surface area contributed by atoms with Crippen LogP contribution in [0.2, 0.25) is 0 Å². The van der Waals surface area contributed by atoms with Gasteiger partial charge in [0.05, 0.1) is 6.54 Å². The maximum atomic E-state index is 11.2. The summed E-state index contributed by atoms with van der Waals surface area (Å²) in [7, 11) is 2.22. The molecule has 0 spiro atoms. The summed E-state index contributed by atoms with van der Waals surface area (Å²) in [5, 5.41) is 3.41. The highest BCUT2D eigenvalue weighted by Crippen LogP contribution is 2.22. The fraction of sp³-hybridized carbons (Fsp3) is 0.889. The van der Waals surface area contributed by atoms with E-state index >= 15 is 0 Å². The van der Waals surface area contributed by atoms with Gasteiger partial charge in [-0.15, -0.1) is 24.0 Å². The standard InChI is InChI=1S/C18H35N5O.HI/c1-3-20-18(21-10-12-22(2)16-8-4-5-9-16)23-11-6-7-15(14-23)13-17(19)24;/h15-16H,3-14H2,1-2H3,(H2,19,24)(H,20,21);1H. The Hall–Kier alpha value is -0.570. The number of carbonyl (C=O) groups excluding carboxylic acids is 1. The van der Waals surface area contributed by atoms with Gasteiger partial charge in [0.1, 0.15) is 0 Å². The molecule has 0 aromatic heterocycles. The van der Waals surface area contributed by atoms with Crippen molar-refractivity contribution >= 4 is 35.8 Å². The predicted octanol–water partition coefficient (Wildman–Crippen LogP) is 2.03. The lowest BCUT2D eigenvalue weighted by molar-refractivity contribution is -0.119. The van der Waals surface area contributed by atoms with E-state index < -0.39 is 0 Å². The Kier molecular flexibility index (Phi) is 10.7. The average Bonchev–Trinajstić information content (AvgIpc) is 3.08. The highest BCUT2D eigenvalue weighted by molar-refractivity contribution is 14.0. The Balaban J connectivity index is 0.00000312. The molecule has 7 heteroatoms. The predicted molar refractivity (Wildman–Crippen MR) is 114 cm³/mol. The molecular formula is C18H36IN5O. The third-order valence-electron chi connectivity index (χ3n) is 5.31. The van der Waals surface area contributed by atoms with E-state index in [0.717, 1.165) is 57.6 Å². The molecule has 0 aromatic carbocycles. The molecule has 1 aliphatic carbocycles. The third-order valence-corrected chi connectivity index (χ3v) is 5.31. The van der Waals surface area contributed by atoms with Gasteiger partial charge in [-0.3, -0.25) is 9.79 Å². The van der Waals surface area contributed by atoms with E-state index in [-0.39, 0.29) is 29.9 Å². The second-order valence-electron chi connectivity index (χ2n) is 7.28. The topological polar surface area (TPSA) is 74.0 Å². The van der Waals surface area contributed by atoms with Crippen LogP contribution < -0.4 is 11.1 Å². The van der Waals surface area contributed by atoms with Crippen LogP contribution in [0.1, 0.15) is 51.9 Å². The molecule has 0 radical (unpaired) electrons. The molecule has 1 aliphatic heterocycles. The number of guanidine groups is 1. The number of nitrogens with one attached hydrogen (secondary N) is 1. The number of primary amides is 1. The van der Waals surface area contributed by atoms with Gasteiger partial charge in [-0.2, -0.15) is 0 Å². The number of hydrogen-bond acceptors (Lipinski definition) is 3. The van der Waals surface area contributed by atoms with Crippen molar-refractivity contribution in [3.8, 4) is 0 Å². The molecule has 2 fully saturated rings. The van der Waals surface area contributed by atoms with Crippen molar-refractivity contribution in [3.63, 3.8) is 0 Å². The highest BCUT2D eigenvalue weighted by atomic mass is 127. The fourth-order valence-electron chi connectivity index (χ4n) is 3.98. The number of amides is 1. The maximum Gasteiger partial charge on any atom is 0.217 e. The molecule has 0 aromatic rings. The first kappa shape index (κ1) is 22.5. The number of nitrogens with zero attached hydrogens (tertiary/aromatic N) is 3. The van der Waals surface area contributed by atoms with Gasteiger partial charge in [-0.1, -0.05) is 12.8 Å². The number of hydrogen-bond donors (Lipinski definition) is 2. The van der Waals surface area contributed by atoms with E-state index in [2.05, 4.69) is 29.1 Å². The summed E-state index contributed by atoms with van der Waals surface area (Å²) in [6.07, 6.45) is 8.09. The number of carbonyl (C=O) groups is 1. The van der Waals surface area contributed by atoms with E-state index in [1.54, 1.807) is 0 Å². The van der Waals surface area contributed by atoms with Crippen LogP contribution in [0.25, 0.3) is 0 Å². The molecule has 1 heterocycles. The Morgan fingerprint density at radius 1 is 1.28 bits per heavy atom. The van der Waals surface area contributed by atoms with Crippen molar-refractivity contribution in [2.75, 3.05) is 39.8 Å². The zero-order valence-electron chi connectivity index (χ0n) is 15.9. The summed E-state index contributed by atoms with van der Waals surface area (Å²) < 4.78 is 0. The minimum atomic E-state index is -0.193. The minimum Gasteiger partial charge on any atom is -0.370 e. The number of likely N-dealkylation sites (N-methyl/N-ethyl adjacent to an activating group) is 1. The summed E-state index contributed by atoms with van der Waals surface area (Å²) in [5.41, 5.74) is 5.37. The van der Waals surface area contributed by atoms with Gasteiger partial charge in [-0.25, -0.2) is 0 Å². The Morgan fingerprint density at radius 3 is 2.64 bits per heavy atom. The Labute approximate surface area is 170 Å². The van der Waals surface area contributed by atoms with Crippen LogP contribution >= 0.6 is 24.0 Å². The van der Waals surface area contributed by atoms with E-state index in [0.29, 0.717) is 12.3 Å². The lowest BCUT2D eigenvalue weighted by Gasteiger charge is -2.34. The van der Waals surface area contributed by atoms with E-state index in [1.165, 1.54) is 25.7 Å². The number of halogens is 1. The lowest BCUT2D eigenvalue weighted by atomic mass is 9.95. The number of aliphatic imine (C=N–C) groups is 1. The number of likely N-dealkylation sites (tertiary alicyclic amines) is 1. The van der Waals surface area contributed by atoms with Crippen LogP contribution in [-0.4, -0.2) is 67.5 Å². The number of rotatable bonds is 7. The quantitative estimate of drug-likeness (QED) is 0.343. The third kappa shape index (κ3) is 7.68. The van der Waals surface area contributed by atoms with Crippen LogP contribution in [0.15, 0.2) is 4.99 Å². The summed E-state index contributed by atoms with van der Waals surface area (Å²) in [4.78, 5) is 20.8. The van der Waals surface area contributed by atoms with Crippen molar-refractivity contribution < 1.29 is 4.79 Å². The fourth-order valence-corrected chi connectivity index (χ4v) is 3.98. The molecule has 146 valence electrons. The minimum absolute atomic E-state index is 0. The maximum absolute atomic E-state index is 11.2. The number of nitrogens with two attached hydrogens (primary N) is 1. The molecule has 6 nitrogen and oxygen atoms in total. The van der Waals surface area contributed by atoms with Crippen molar-refractivity contribution in [3.05, 3.63) is 0 Å². The number of piperidine rings is 1. The smallest absolute Gasteiger partial charge is 0.217 e. The zero-order chi connectivity index (χ0) is 17.4. The molecule has 1 saturated heterocycles. The molecule has 3 N–H and O–H groups in total. The zero-order valence-corrected chi connectivity index (χ0v) is 18.2. The second kappa shape index (κ2) is 11.9. The Morgan fingerprint density at radius 2 is 2.00 bits per heavy atom. The van der Waals surface area contributed by atoms with Gasteiger partial charge >= 0.3 is 0 Å². The first-order chi connectivity index (χ1) is 11.6. The summed E-state index contributed by atoms with van der Waals surface area (Å²) in [5.74, 6) is 1.16. The molecular weight excluding hydrogens is 429 g/mol. The first-order valence-electron chi connectivity index (χ1n) is 9.62. The lowest BCUT2D eigenvalue weighted by Crippen LogP contribution is -2.47. The van der Waals surface area contributed by atoms with Gasteiger partial charge < -0.3 is 20.9 Å².